The number of rotatable bonds is 8. The molecule has 2 rings (SSSR count). The minimum Gasteiger partial charge on any atom is -0.494 e. The number of carbonyl (C=O) groups excluding carboxylic acids is 1. The highest BCUT2D eigenvalue weighted by Gasteiger charge is 2.26. The van der Waals surface area contributed by atoms with Crippen LogP contribution in [0.1, 0.15) is 18.9 Å². The molecule has 0 unspecified atom stereocenters. The molecule has 2 N–H and O–H groups in total. The number of anilines is 1. The molecule has 0 heterocycles. The predicted molar refractivity (Wildman–Crippen MR) is 97.1 cm³/mol. The number of sulfonamides is 1. The fourth-order valence-corrected chi connectivity index (χ4v) is 3.65. The Morgan fingerprint density at radius 2 is 1.68 bits per heavy atom. The number of aryl methyl sites for hydroxylation is 1. The topological polar surface area (TPSA) is 89.7 Å². The quantitative estimate of drug-likeness (QED) is 0.781. The molecule has 6 nitrogen and oxygen atoms in total. The normalized spacial score (nSPS) is 11.1. The molecule has 0 bridgehead atoms. The van der Waals surface area contributed by atoms with Gasteiger partial charge in [0.15, 0.2) is 0 Å². The number of ether oxygens (including phenoxy) is 1. The van der Waals surface area contributed by atoms with Gasteiger partial charge in [0.05, 0.1) is 17.2 Å². The molecule has 0 saturated carbocycles. The summed E-state index contributed by atoms with van der Waals surface area (Å²) in [5, 5.41) is 0. The molecule has 0 radical (unpaired) electrons. The molecule has 0 aliphatic carbocycles. The molecule has 2 aromatic carbocycles. The molecule has 0 fully saturated rings. The van der Waals surface area contributed by atoms with Gasteiger partial charge >= 0.3 is 0 Å². The maximum absolute atomic E-state index is 12.9. The van der Waals surface area contributed by atoms with Crippen LogP contribution in [0.25, 0.3) is 0 Å². The van der Waals surface area contributed by atoms with Crippen molar-refractivity contribution < 1.29 is 17.9 Å². The van der Waals surface area contributed by atoms with Gasteiger partial charge in [-0.05, 0) is 49.7 Å². The Hall–Kier alpha value is -2.54. The van der Waals surface area contributed by atoms with E-state index in [1.54, 1.807) is 36.4 Å². The van der Waals surface area contributed by atoms with E-state index in [9.17, 15) is 13.2 Å². The first kappa shape index (κ1) is 18.8. The van der Waals surface area contributed by atoms with Crippen LogP contribution < -0.4 is 14.8 Å². The van der Waals surface area contributed by atoms with E-state index in [1.807, 2.05) is 13.8 Å². The lowest BCUT2D eigenvalue weighted by Gasteiger charge is -2.23. The number of nitrogens with two attached hydrogens (primary N) is 1. The van der Waals surface area contributed by atoms with Gasteiger partial charge in [0.1, 0.15) is 12.3 Å². The second-order valence-electron chi connectivity index (χ2n) is 5.63. The van der Waals surface area contributed by atoms with Crippen molar-refractivity contribution in [1.29, 1.82) is 0 Å². The SMILES string of the molecule is CCCOc1ccc(N(CC(N)=O)S(=O)(=O)c2ccc(C)cc2)cc1. The summed E-state index contributed by atoms with van der Waals surface area (Å²) in [6, 6.07) is 13.0. The highest BCUT2D eigenvalue weighted by atomic mass is 32.2. The molecular formula is C18H22N2O4S. The van der Waals surface area contributed by atoms with E-state index in [0.717, 1.165) is 16.3 Å². The summed E-state index contributed by atoms with van der Waals surface area (Å²) in [6.45, 7) is 4.00. The molecular weight excluding hydrogens is 340 g/mol. The standard InChI is InChI=1S/C18H22N2O4S/c1-3-12-24-16-8-6-15(7-9-16)20(13-18(19)21)25(22,23)17-10-4-14(2)5-11-17/h4-11H,3,12-13H2,1-2H3,(H2,19,21). The summed E-state index contributed by atoms with van der Waals surface area (Å²) < 4.78 is 32.3. The van der Waals surface area contributed by atoms with Crippen LogP contribution in [-0.2, 0) is 14.8 Å². The monoisotopic (exact) mass is 362 g/mol. The minimum atomic E-state index is -3.90. The Bertz CT molecular complexity index is 815. The number of carbonyl (C=O) groups is 1. The minimum absolute atomic E-state index is 0.102. The number of primary amides is 1. The zero-order chi connectivity index (χ0) is 18.4. The summed E-state index contributed by atoms with van der Waals surface area (Å²) in [7, 11) is -3.90. The molecule has 25 heavy (non-hydrogen) atoms. The summed E-state index contributed by atoms with van der Waals surface area (Å²) in [5.41, 5.74) is 6.55. The van der Waals surface area contributed by atoms with E-state index in [4.69, 9.17) is 10.5 Å². The Morgan fingerprint density at radius 1 is 1.08 bits per heavy atom. The molecule has 7 heteroatoms. The van der Waals surface area contributed by atoms with E-state index < -0.39 is 22.5 Å². The van der Waals surface area contributed by atoms with Gasteiger partial charge in [-0.1, -0.05) is 24.6 Å². The van der Waals surface area contributed by atoms with Crippen molar-refractivity contribution in [3.05, 3.63) is 54.1 Å². The maximum atomic E-state index is 12.9. The van der Waals surface area contributed by atoms with Crippen LogP contribution in [0.4, 0.5) is 5.69 Å². The van der Waals surface area contributed by atoms with Crippen LogP contribution in [0, 0.1) is 6.92 Å². The van der Waals surface area contributed by atoms with Gasteiger partial charge in [-0.15, -0.1) is 0 Å². The van der Waals surface area contributed by atoms with Crippen molar-refractivity contribution in [2.45, 2.75) is 25.2 Å². The molecule has 0 aliphatic heterocycles. The zero-order valence-electron chi connectivity index (χ0n) is 14.3. The van der Waals surface area contributed by atoms with Crippen LogP contribution in [-0.4, -0.2) is 27.5 Å². The largest absolute Gasteiger partial charge is 0.494 e. The molecule has 1 amide bonds. The fraction of sp³-hybridized carbons (Fsp3) is 0.278. The lowest BCUT2D eigenvalue weighted by molar-refractivity contribution is -0.116. The number of nitrogens with zero attached hydrogens (tertiary/aromatic N) is 1. The highest BCUT2D eigenvalue weighted by molar-refractivity contribution is 7.92. The maximum Gasteiger partial charge on any atom is 0.264 e. The van der Waals surface area contributed by atoms with Crippen LogP contribution in [0.5, 0.6) is 5.75 Å². The summed E-state index contributed by atoms with van der Waals surface area (Å²) >= 11 is 0. The van der Waals surface area contributed by atoms with Gasteiger partial charge in [0.2, 0.25) is 5.91 Å². The summed E-state index contributed by atoms with van der Waals surface area (Å²) in [5.74, 6) is -0.0978. The lowest BCUT2D eigenvalue weighted by atomic mass is 10.2. The second kappa shape index (κ2) is 8.02. The smallest absolute Gasteiger partial charge is 0.264 e. The van der Waals surface area contributed by atoms with Crippen molar-refractivity contribution in [2.24, 2.45) is 5.73 Å². The Labute approximate surface area is 148 Å². The van der Waals surface area contributed by atoms with Crippen LogP contribution >= 0.6 is 0 Å². The fourth-order valence-electron chi connectivity index (χ4n) is 2.22. The van der Waals surface area contributed by atoms with Crippen molar-refractivity contribution >= 4 is 21.6 Å². The lowest BCUT2D eigenvalue weighted by Crippen LogP contribution is -2.38. The molecule has 0 saturated heterocycles. The van der Waals surface area contributed by atoms with Crippen LogP contribution in [0.15, 0.2) is 53.4 Å². The number of amides is 1. The van der Waals surface area contributed by atoms with Gasteiger partial charge in [-0.3, -0.25) is 9.10 Å². The van der Waals surface area contributed by atoms with Crippen molar-refractivity contribution in [1.82, 2.24) is 0 Å². The molecule has 0 spiro atoms. The van der Waals surface area contributed by atoms with Gasteiger partial charge in [0, 0.05) is 0 Å². The predicted octanol–water partition coefficient (Wildman–Crippen LogP) is 2.46. The molecule has 0 aromatic heterocycles. The molecule has 0 aliphatic rings. The van der Waals surface area contributed by atoms with E-state index in [-0.39, 0.29) is 4.90 Å². The van der Waals surface area contributed by atoms with Gasteiger partial charge in [0.25, 0.3) is 10.0 Å². The first-order valence-electron chi connectivity index (χ1n) is 7.95. The van der Waals surface area contributed by atoms with E-state index in [0.29, 0.717) is 18.0 Å². The van der Waals surface area contributed by atoms with Crippen LogP contribution in [0.2, 0.25) is 0 Å². The number of hydrogen-bond acceptors (Lipinski definition) is 4. The first-order chi connectivity index (χ1) is 11.8. The third-order valence-electron chi connectivity index (χ3n) is 3.51. The number of benzene rings is 2. The average Bonchev–Trinajstić information content (AvgIpc) is 2.58. The van der Waals surface area contributed by atoms with Crippen molar-refractivity contribution in [2.75, 3.05) is 17.5 Å². The van der Waals surface area contributed by atoms with Crippen molar-refractivity contribution in [3.63, 3.8) is 0 Å². The Balaban J connectivity index is 2.38. The molecule has 134 valence electrons. The zero-order valence-corrected chi connectivity index (χ0v) is 15.1. The summed E-state index contributed by atoms with van der Waals surface area (Å²) in [6.07, 6.45) is 0.872. The molecule has 0 atom stereocenters. The third kappa shape index (κ3) is 4.73. The van der Waals surface area contributed by atoms with E-state index in [2.05, 4.69) is 0 Å². The van der Waals surface area contributed by atoms with Crippen LogP contribution in [0.3, 0.4) is 0 Å². The summed E-state index contributed by atoms with van der Waals surface area (Å²) in [4.78, 5) is 11.5. The average molecular weight is 362 g/mol. The Morgan fingerprint density at radius 3 is 2.20 bits per heavy atom. The van der Waals surface area contributed by atoms with Crippen molar-refractivity contribution in [3.8, 4) is 5.75 Å². The van der Waals surface area contributed by atoms with E-state index in [1.165, 1.54) is 12.1 Å². The van der Waals surface area contributed by atoms with Gasteiger partial charge < -0.3 is 10.5 Å². The van der Waals surface area contributed by atoms with Gasteiger partial charge in [-0.2, -0.15) is 0 Å². The van der Waals surface area contributed by atoms with E-state index >= 15 is 0 Å². The second-order valence-corrected chi connectivity index (χ2v) is 7.50. The number of hydrogen-bond donors (Lipinski definition) is 1. The third-order valence-corrected chi connectivity index (χ3v) is 5.29. The Kier molecular flexibility index (Phi) is 6.03. The van der Waals surface area contributed by atoms with Gasteiger partial charge in [-0.25, -0.2) is 8.42 Å². The molecule has 2 aromatic rings. The first-order valence-corrected chi connectivity index (χ1v) is 9.39. The highest BCUT2D eigenvalue weighted by Crippen LogP contribution is 2.26.